The zero-order valence-corrected chi connectivity index (χ0v) is 22.8. The zero-order chi connectivity index (χ0) is 26.9. The van der Waals surface area contributed by atoms with Gasteiger partial charge < -0.3 is 14.4 Å². The molecule has 0 amide bonds. The van der Waals surface area contributed by atoms with Gasteiger partial charge >= 0.3 is 5.97 Å². The summed E-state index contributed by atoms with van der Waals surface area (Å²) >= 11 is 0. The molecule has 1 N–H and O–H groups in total. The van der Waals surface area contributed by atoms with Crippen LogP contribution in [0.5, 0.6) is 5.75 Å². The minimum absolute atomic E-state index is 0.239. The van der Waals surface area contributed by atoms with Crippen LogP contribution in [0.4, 0.5) is 0 Å². The van der Waals surface area contributed by atoms with Gasteiger partial charge in [-0.05, 0) is 84.8 Å². The van der Waals surface area contributed by atoms with Crippen molar-refractivity contribution in [3.63, 3.8) is 0 Å². The highest BCUT2D eigenvalue weighted by atomic mass is 16.5. The fraction of sp³-hybridized carbons (Fsp3) is 0.324. The van der Waals surface area contributed by atoms with Gasteiger partial charge in [-0.2, -0.15) is 0 Å². The number of nitrogens with zero attached hydrogens (tertiary/aromatic N) is 1. The number of carboxylic acid groups (broad SMARTS) is 1. The Morgan fingerprint density at radius 2 is 1.55 bits per heavy atom. The first kappa shape index (κ1) is 27.3. The molecule has 0 radical (unpaired) electrons. The third-order valence-electron chi connectivity index (χ3n) is 7.22. The lowest BCUT2D eigenvalue weighted by molar-refractivity contribution is -0.145. The first-order valence-corrected chi connectivity index (χ1v) is 13.8. The van der Waals surface area contributed by atoms with Gasteiger partial charge in [0, 0.05) is 17.8 Å². The summed E-state index contributed by atoms with van der Waals surface area (Å²) in [5.41, 5.74) is 7.10. The highest BCUT2D eigenvalue weighted by Crippen LogP contribution is 2.33. The lowest BCUT2D eigenvalue weighted by Crippen LogP contribution is -2.29. The van der Waals surface area contributed by atoms with Crippen molar-refractivity contribution in [3.05, 3.63) is 113 Å². The average molecular weight is 510 g/mol. The Balaban J connectivity index is 1.52. The number of hydrogen-bond donors (Lipinski definition) is 1. The van der Waals surface area contributed by atoms with Gasteiger partial charge in [-0.25, -0.2) is 4.79 Å². The topological polar surface area (TPSA) is 51.5 Å². The molecule has 0 fully saturated rings. The summed E-state index contributed by atoms with van der Waals surface area (Å²) in [6, 6.07) is 31.1. The lowest BCUT2D eigenvalue weighted by atomic mass is 9.99. The molecule has 0 aliphatic rings. The lowest BCUT2D eigenvalue weighted by Gasteiger charge is -2.24. The van der Waals surface area contributed by atoms with Crippen LogP contribution in [0, 0.1) is 6.92 Å². The molecule has 0 aliphatic heterocycles. The highest BCUT2D eigenvalue weighted by Gasteiger charge is 2.21. The highest BCUT2D eigenvalue weighted by molar-refractivity contribution is 5.73. The van der Waals surface area contributed by atoms with Crippen LogP contribution in [-0.2, 0) is 17.6 Å². The van der Waals surface area contributed by atoms with E-state index in [4.69, 9.17) is 4.74 Å². The van der Waals surface area contributed by atoms with Crippen LogP contribution >= 0.6 is 0 Å². The second-order valence-corrected chi connectivity index (χ2v) is 10.0. The number of hydrogen-bond acceptors (Lipinski definition) is 2. The van der Waals surface area contributed by atoms with E-state index in [-0.39, 0.29) is 6.04 Å². The minimum Gasteiger partial charge on any atom is -0.478 e. The van der Waals surface area contributed by atoms with Crippen LogP contribution in [0.2, 0.25) is 0 Å². The second kappa shape index (κ2) is 13.1. The molecule has 0 saturated heterocycles. The Kier molecular flexibility index (Phi) is 9.42. The first-order chi connectivity index (χ1) is 18.5. The smallest absolute Gasteiger partial charge is 0.345 e. The summed E-state index contributed by atoms with van der Waals surface area (Å²) < 4.78 is 8.30. The number of ether oxygens (including phenoxy) is 1. The molecular formula is C34H39NO3. The molecule has 4 heteroatoms. The van der Waals surface area contributed by atoms with E-state index in [1.807, 2.05) is 54.6 Å². The van der Waals surface area contributed by atoms with E-state index in [9.17, 15) is 9.90 Å². The number of aliphatic carboxylic acids is 1. The van der Waals surface area contributed by atoms with Crippen molar-refractivity contribution in [3.8, 4) is 17.0 Å². The Hall–Kier alpha value is -3.79. The number of unbranched alkanes of at least 4 members (excludes halogenated alkanes) is 2. The molecule has 0 bridgehead atoms. The fourth-order valence-electron chi connectivity index (χ4n) is 5.13. The van der Waals surface area contributed by atoms with Crippen LogP contribution < -0.4 is 4.74 Å². The van der Waals surface area contributed by atoms with E-state index in [1.165, 1.54) is 36.1 Å². The molecule has 4 nitrogen and oxygen atoms in total. The van der Waals surface area contributed by atoms with Crippen molar-refractivity contribution in [2.75, 3.05) is 0 Å². The van der Waals surface area contributed by atoms with Gasteiger partial charge in [0.1, 0.15) is 5.75 Å². The van der Waals surface area contributed by atoms with Gasteiger partial charge in [0.2, 0.25) is 0 Å². The molecule has 1 unspecified atom stereocenters. The van der Waals surface area contributed by atoms with Crippen LogP contribution in [0.3, 0.4) is 0 Å². The maximum absolute atomic E-state index is 11.8. The molecule has 198 valence electrons. The van der Waals surface area contributed by atoms with Gasteiger partial charge in [0.05, 0.1) is 6.04 Å². The number of benzene rings is 3. The Labute approximate surface area is 226 Å². The van der Waals surface area contributed by atoms with Crippen LogP contribution in [-0.4, -0.2) is 21.7 Å². The number of carboxylic acids is 1. The summed E-state index contributed by atoms with van der Waals surface area (Å²) in [5.74, 6) is -0.415. The number of carbonyl (C=O) groups is 1. The Bertz CT molecular complexity index is 1290. The van der Waals surface area contributed by atoms with Gasteiger partial charge in [-0.1, -0.05) is 81.3 Å². The quantitative estimate of drug-likeness (QED) is 0.185. The minimum atomic E-state index is -0.968. The summed E-state index contributed by atoms with van der Waals surface area (Å²) in [6.07, 6.45) is 5.26. The van der Waals surface area contributed by atoms with Gasteiger partial charge in [-0.15, -0.1) is 0 Å². The predicted octanol–water partition coefficient (Wildman–Crippen LogP) is 8.27. The van der Waals surface area contributed by atoms with Gasteiger partial charge in [-0.3, -0.25) is 0 Å². The Morgan fingerprint density at radius 1 is 0.842 bits per heavy atom. The van der Waals surface area contributed by atoms with Crippen molar-refractivity contribution in [1.82, 2.24) is 4.57 Å². The molecule has 38 heavy (non-hydrogen) atoms. The van der Waals surface area contributed by atoms with Gasteiger partial charge in [0.25, 0.3) is 0 Å². The summed E-state index contributed by atoms with van der Waals surface area (Å²) in [4.78, 5) is 11.8. The van der Waals surface area contributed by atoms with Crippen LogP contribution in [0.1, 0.15) is 68.0 Å². The monoisotopic (exact) mass is 509 g/mol. The largest absolute Gasteiger partial charge is 0.478 e. The standard InChI is InChI=1S/C34H39NO3/c1-4-6-8-11-26-15-17-28(18-16-26)31(5-2)35-25(3)14-23-32(35)29-19-21-30(22-20-29)38-33(34(36)37)24-27-12-9-7-10-13-27/h7,9-10,12-23,31,33H,4-6,8,11,24H2,1-3H3,(H,36,37)/t31?,33-/m1/s1. The molecule has 4 aromatic rings. The van der Waals surface area contributed by atoms with Crippen molar-refractivity contribution in [2.45, 2.75) is 71.4 Å². The van der Waals surface area contributed by atoms with Gasteiger partial charge in [0.15, 0.2) is 6.10 Å². The average Bonchev–Trinajstić information content (AvgIpc) is 3.31. The third-order valence-corrected chi connectivity index (χ3v) is 7.22. The molecule has 1 aromatic heterocycles. The number of rotatable bonds is 13. The maximum Gasteiger partial charge on any atom is 0.345 e. The third kappa shape index (κ3) is 6.74. The molecule has 0 saturated carbocycles. The molecular weight excluding hydrogens is 470 g/mol. The summed E-state index contributed by atoms with van der Waals surface area (Å²) in [6.45, 7) is 6.63. The number of aryl methyl sites for hydroxylation is 2. The van der Waals surface area contributed by atoms with E-state index in [1.54, 1.807) is 0 Å². The summed E-state index contributed by atoms with van der Waals surface area (Å²) in [7, 11) is 0. The normalized spacial score (nSPS) is 12.7. The summed E-state index contributed by atoms with van der Waals surface area (Å²) in [5, 5.41) is 9.71. The van der Waals surface area contributed by atoms with Crippen molar-refractivity contribution < 1.29 is 14.6 Å². The van der Waals surface area contributed by atoms with Crippen LogP contribution in [0.25, 0.3) is 11.3 Å². The van der Waals surface area contributed by atoms with Crippen molar-refractivity contribution in [2.24, 2.45) is 0 Å². The van der Waals surface area contributed by atoms with Crippen LogP contribution in [0.15, 0.2) is 91.0 Å². The maximum atomic E-state index is 11.8. The van der Waals surface area contributed by atoms with E-state index in [0.717, 1.165) is 29.7 Å². The molecule has 4 rings (SSSR count). The Morgan fingerprint density at radius 3 is 2.18 bits per heavy atom. The molecule has 2 atom stereocenters. The van der Waals surface area contributed by atoms with Crippen molar-refractivity contribution in [1.29, 1.82) is 0 Å². The van der Waals surface area contributed by atoms with E-state index >= 15 is 0 Å². The molecule has 1 heterocycles. The fourth-order valence-corrected chi connectivity index (χ4v) is 5.13. The predicted molar refractivity (Wildman–Crippen MR) is 155 cm³/mol. The van der Waals surface area contributed by atoms with E-state index < -0.39 is 12.1 Å². The van der Waals surface area contributed by atoms with Crippen molar-refractivity contribution >= 4 is 5.97 Å². The zero-order valence-electron chi connectivity index (χ0n) is 22.8. The molecule has 3 aromatic carbocycles. The number of aromatic nitrogens is 1. The molecule has 0 aliphatic carbocycles. The van der Waals surface area contributed by atoms with E-state index in [2.05, 4.69) is 61.7 Å². The first-order valence-electron chi connectivity index (χ1n) is 13.8. The molecule has 0 spiro atoms. The SMILES string of the molecule is CCCCCc1ccc(C(CC)n2c(C)ccc2-c2ccc(O[C@H](Cc3ccccc3)C(=O)O)cc2)cc1. The second-order valence-electron chi connectivity index (χ2n) is 10.0. The van der Waals surface area contributed by atoms with E-state index in [0.29, 0.717) is 12.2 Å².